The molecule has 0 amide bonds. The maximum Gasteiger partial charge on any atom is 0.135 e. The zero-order chi connectivity index (χ0) is 39.6. The first-order valence-corrected chi connectivity index (χ1v) is 19.1. The molecule has 0 spiro atoms. The van der Waals surface area contributed by atoms with Gasteiger partial charge in [0.15, 0.2) is 0 Å². The number of halogens is 2. The van der Waals surface area contributed by atoms with E-state index in [0.29, 0.717) is 22.6 Å². The fourth-order valence-corrected chi connectivity index (χ4v) is 7.58. The zero-order valence-corrected chi connectivity index (χ0v) is 35.3. The summed E-state index contributed by atoms with van der Waals surface area (Å²) in [5.74, 6) is 0.664. The summed E-state index contributed by atoms with van der Waals surface area (Å²) in [6.45, 7) is 15.1. The van der Waals surface area contributed by atoms with Crippen LogP contribution in [0.1, 0.15) is 52.7 Å². The summed E-state index contributed by atoms with van der Waals surface area (Å²) < 4.78 is 37.8. The van der Waals surface area contributed by atoms with Gasteiger partial charge in [0.05, 0.1) is 0 Å². The SMILES string of the molecule is CC(C)(C)c1cc(Oc2[c-]c3c(cc2)c2ccccc2n3-c2cc(C(C)(C)C)ccn2)[c-]c(N2[CH-]N(c3ccccc3-c3cc(F)cc(F)c3)c3ccccc32)c1.[Pt]. The van der Waals surface area contributed by atoms with Gasteiger partial charge < -0.3 is 19.1 Å². The van der Waals surface area contributed by atoms with Crippen LogP contribution in [0.5, 0.6) is 11.5 Å². The van der Waals surface area contributed by atoms with Gasteiger partial charge >= 0.3 is 0 Å². The van der Waals surface area contributed by atoms with Crippen molar-refractivity contribution in [2.45, 2.75) is 52.4 Å². The molecular formula is C50H41F2N4OPt-3. The molecule has 0 fully saturated rings. The summed E-state index contributed by atoms with van der Waals surface area (Å²) in [6, 6.07) is 47.3. The monoisotopic (exact) mass is 946 g/mol. The van der Waals surface area contributed by atoms with Gasteiger partial charge in [0.25, 0.3) is 0 Å². The molecule has 0 saturated carbocycles. The molecule has 5 nitrogen and oxygen atoms in total. The Hall–Kier alpha value is -5.78. The number of aromatic nitrogens is 2. The van der Waals surface area contributed by atoms with Crippen molar-refractivity contribution in [3.63, 3.8) is 0 Å². The second-order valence-corrected chi connectivity index (χ2v) is 16.6. The van der Waals surface area contributed by atoms with Gasteiger partial charge in [0.2, 0.25) is 0 Å². The molecule has 2 aromatic heterocycles. The molecule has 0 atom stereocenters. The molecule has 8 heteroatoms. The van der Waals surface area contributed by atoms with E-state index >= 15 is 0 Å². The number of rotatable bonds is 6. The van der Waals surface area contributed by atoms with Crippen LogP contribution in [0.3, 0.4) is 0 Å². The molecule has 8 aromatic rings. The summed E-state index contributed by atoms with van der Waals surface area (Å²) >= 11 is 0. The van der Waals surface area contributed by atoms with Crippen LogP contribution in [-0.4, -0.2) is 9.55 Å². The molecular weight excluding hydrogens is 906 g/mol. The van der Waals surface area contributed by atoms with Gasteiger partial charge in [-0.15, -0.1) is 53.6 Å². The molecule has 0 radical (unpaired) electrons. The minimum Gasteiger partial charge on any atom is -0.509 e. The van der Waals surface area contributed by atoms with Crippen molar-refractivity contribution in [2.75, 3.05) is 9.80 Å². The van der Waals surface area contributed by atoms with Gasteiger partial charge in [0, 0.05) is 73.0 Å². The molecule has 0 bridgehead atoms. The third kappa shape index (κ3) is 7.17. The number of benzene rings is 6. The van der Waals surface area contributed by atoms with Gasteiger partial charge in [0.1, 0.15) is 17.5 Å². The van der Waals surface area contributed by atoms with Crippen molar-refractivity contribution in [3.8, 4) is 28.4 Å². The maximum absolute atomic E-state index is 14.5. The molecule has 1 aliphatic rings. The minimum absolute atomic E-state index is 0. The quantitative estimate of drug-likeness (QED) is 0.156. The Bertz CT molecular complexity index is 2820. The first-order valence-electron chi connectivity index (χ1n) is 19.1. The van der Waals surface area contributed by atoms with E-state index in [0.717, 1.165) is 62.0 Å². The first-order chi connectivity index (χ1) is 27.3. The molecule has 0 N–H and O–H groups in total. The smallest absolute Gasteiger partial charge is 0.135 e. The van der Waals surface area contributed by atoms with Crippen molar-refractivity contribution < 1.29 is 34.6 Å². The van der Waals surface area contributed by atoms with Gasteiger partial charge in [-0.25, -0.2) is 13.8 Å². The van der Waals surface area contributed by atoms with Crippen molar-refractivity contribution in [1.29, 1.82) is 0 Å². The van der Waals surface area contributed by atoms with E-state index in [1.807, 2.05) is 73.5 Å². The Morgan fingerprint density at radius 2 is 1.26 bits per heavy atom. The van der Waals surface area contributed by atoms with Gasteiger partial charge in [-0.1, -0.05) is 95.6 Å². The number of para-hydroxylation sites is 4. The van der Waals surface area contributed by atoms with Crippen LogP contribution in [0.15, 0.2) is 134 Å². The molecule has 0 aliphatic carbocycles. The van der Waals surface area contributed by atoms with Crippen molar-refractivity contribution in [1.82, 2.24) is 9.55 Å². The number of hydrogen-bond acceptors (Lipinski definition) is 4. The van der Waals surface area contributed by atoms with E-state index in [2.05, 4.69) is 117 Å². The summed E-state index contributed by atoms with van der Waals surface area (Å²) in [7, 11) is 0. The third-order valence-electron chi connectivity index (χ3n) is 10.5. The molecule has 0 saturated heterocycles. The van der Waals surface area contributed by atoms with E-state index in [-0.39, 0.29) is 31.9 Å². The van der Waals surface area contributed by atoms with Gasteiger partial charge in [-0.05, 0) is 75.9 Å². The summed E-state index contributed by atoms with van der Waals surface area (Å²) in [4.78, 5) is 8.96. The number of anilines is 4. The van der Waals surface area contributed by atoms with Gasteiger partial charge in [-0.2, -0.15) is 6.07 Å². The Balaban J connectivity index is 0.00000469. The fraction of sp³-hybridized carbons (Fsp3) is 0.160. The van der Waals surface area contributed by atoms with E-state index in [9.17, 15) is 8.78 Å². The van der Waals surface area contributed by atoms with E-state index in [1.54, 1.807) is 0 Å². The molecule has 58 heavy (non-hydrogen) atoms. The van der Waals surface area contributed by atoms with Crippen LogP contribution >= 0.6 is 0 Å². The fourth-order valence-electron chi connectivity index (χ4n) is 7.58. The molecule has 0 unspecified atom stereocenters. The van der Waals surface area contributed by atoms with Gasteiger partial charge in [-0.3, -0.25) is 0 Å². The summed E-state index contributed by atoms with van der Waals surface area (Å²) in [6.07, 6.45) is 1.87. The number of hydrogen-bond donors (Lipinski definition) is 0. The normalized spacial score (nSPS) is 12.9. The molecule has 6 aromatic carbocycles. The average Bonchev–Trinajstić information content (AvgIpc) is 3.73. The van der Waals surface area contributed by atoms with Crippen molar-refractivity contribution in [3.05, 3.63) is 175 Å². The maximum atomic E-state index is 14.5. The number of pyridine rings is 1. The Morgan fingerprint density at radius 1 is 0.603 bits per heavy atom. The topological polar surface area (TPSA) is 33.5 Å². The minimum atomic E-state index is -0.627. The van der Waals surface area contributed by atoms with Crippen molar-refractivity contribution >= 4 is 44.6 Å². The number of nitrogens with zero attached hydrogens (tertiary/aromatic N) is 4. The van der Waals surface area contributed by atoms with Crippen LogP contribution in [0, 0.1) is 30.4 Å². The van der Waals surface area contributed by atoms with Crippen molar-refractivity contribution in [2.24, 2.45) is 0 Å². The average molecular weight is 947 g/mol. The third-order valence-corrected chi connectivity index (χ3v) is 10.5. The van der Waals surface area contributed by atoms with Crippen LogP contribution in [0.25, 0.3) is 38.8 Å². The Labute approximate surface area is 352 Å². The van der Waals surface area contributed by atoms with Crippen LogP contribution in [0.4, 0.5) is 31.5 Å². The second-order valence-electron chi connectivity index (χ2n) is 16.6. The summed E-state index contributed by atoms with van der Waals surface area (Å²) in [5.41, 5.74) is 8.44. The van der Waals surface area contributed by atoms with Crippen LogP contribution in [-0.2, 0) is 31.9 Å². The first kappa shape index (κ1) is 39.1. The number of ether oxygens (including phenoxy) is 1. The second kappa shape index (κ2) is 14.9. The summed E-state index contributed by atoms with van der Waals surface area (Å²) in [5, 5.41) is 2.16. The Kier molecular flexibility index (Phi) is 10.0. The zero-order valence-electron chi connectivity index (χ0n) is 33.0. The van der Waals surface area contributed by atoms with E-state index in [1.165, 1.54) is 17.7 Å². The van der Waals surface area contributed by atoms with Crippen LogP contribution in [0.2, 0.25) is 0 Å². The standard InChI is InChI=1S/C50H41F2N4O.Pt/c1-49(2,3)33-21-22-53-48(27-33)56-44-16-10-8-14-41(44)42-20-19-38(30-47(42)56)57-39-26-34(50(4,5)6)25-37(29-39)54-31-55(46-18-12-11-17-45(46)54)43-15-9-7-13-40(43)32-23-35(51)28-36(52)24-32;/h7-28,31H,1-6H3;/q-3;. The number of fused-ring (bicyclic) bond motifs is 4. The molecule has 1 aliphatic heterocycles. The van der Waals surface area contributed by atoms with E-state index < -0.39 is 11.6 Å². The predicted molar refractivity (Wildman–Crippen MR) is 227 cm³/mol. The van der Waals surface area contributed by atoms with E-state index in [4.69, 9.17) is 9.72 Å². The largest absolute Gasteiger partial charge is 0.509 e. The Morgan fingerprint density at radius 3 is 1.98 bits per heavy atom. The van der Waals surface area contributed by atoms with Crippen LogP contribution < -0.4 is 14.5 Å². The molecule has 3 heterocycles. The predicted octanol–water partition coefficient (Wildman–Crippen LogP) is 13.5. The molecule has 9 rings (SSSR count). The molecule has 294 valence electrons.